The highest BCUT2D eigenvalue weighted by atomic mass is 32.1. The fourth-order valence-electron chi connectivity index (χ4n) is 2.91. The predicted molar refractivity (Wildman–Crippen MR) is 103 cm³/mol. The number of aromatic nitrogens is 2. The summed E-state index contributed by atoms with van der Waals surface area (Å²) < 4.78 is 11.4. The fraction of sp³-hybridized carbons (Fsp3) is 0.647. The molecule has 1 saturated heterocycles. The molecule has 1 fully saturated rings. The molecule has 1 aliphatic heterocycles. The Morgan fingerprint density at radius 3 is 2.67 bits per heavy atom. The van der Waals surface area contributed by atoms with Gasteiger partial charge in [0.1, 0.15) is 11.9 Å². The van der Waals surface area contributed by atoms with E-state index in [2.05, 4.69) is 19.9 Å². The molecule has 150 valence electrons. The van der Waals surface area contributed by atoms with Gasteiger partial charge in [0, 0.05) is 45.6 Å². The van der Waals surface area contributed by atoms with Crippen LogP contribution in [0.3, 0.4) is 0 Å². The van der Waals surface area contributed by atoms with Crippen LogP contribution in [0.5, 0.6) is 0 Å². The number of carbonyl (C=O) groups excluding carboxylic acids is 2. The zero-order valence-corrected chi connectivity index (χ0v) is 16.8. The molecule has 0 radical (unpaired) electrons. The van der Waals surface area contributed by atoms with Crippen molar-refractivity contribution in [1.29, 1.82) is 0 Å². The molecule has 1 unspecified atom stereocenters. The van der Waals surface area contributed by atoms with Crippen LogP contribution < -0.4 is 5.32 Å². The van der Waals surface area contributed by atoms with Crippen molar-refractivity contribution in [2.45, 2.75) is 25.4 Å². The van der Waals surface area contributed by atoms with Crippen LogP contribution >= 0.6 is 12.2 Å². The second-order valence-corrected chi connectivity index (χ2v) is 6.76. The molecule has 1 atom stereocenters. The minimum Gasteiger partial charge on any atom is -0.469 e. The lowest BCUT2D eigenvalue weighted by molar-refractivity contribution is -0.149. The number of nitrogens with zero attached hydrogens (tertiary/aromatic N) is 4. The van der Waals surface area contributed by atoms with Crippen LogP contribution in [0.1, 0.15) is 18.7 Å². The number of aryl methyl sites for hydroxylation is 1. The number of imidazole rings is 1. The lowest BCUT2D eigenvalue weighted by Gasteiger charge is -2.27. The maximum absolute atomic E-state index is 11.9. The average molecular weight is 398 g/mol. The monoisotopic (exact) mass is 397 g/mol. The van der Waals surface area contributed by atoms with E-state index in [1.165, 1.54) is 14.2 Å². The van der Waals surface area contributed by atoms with Gasteiger partial charge in [0.15, 0.2) is 5.11 Å². The minimum absolute atomic E-state index is 0.136. The lowest BCUT2D eigenvalue weighted by atomic mass is 10.2. The fourth-order valence-corrected chi connectivity index (χ4v) is 3.23. The molecule has 9 nitrogen and oxygen atoms in total. The Morgan fingerprint density at radius 1 is 1.26 bits per heavy atom. The zero-order chi connectivity index (χ0) is 19.8. The molecule has 0 amide bonds. The Kier molecular flexibility index (Phi) is 7.99. The Morgan fingerprint density at radius 2 is 2.04 bits per heavy atom. The van der Waals surface area contributed by atoms with E-state index >= 15 is 0 Å². The van der Waals surface area contributed by atoms with Gasteiger partial charge < -0.3 is 24.3 Å². The van der Waals surface area contributed by atoms with Crippen LogP contribution in [-0.2, 0) is 32.7 Å². The summed E-state index contributed by atoms with van der Waals surface area (Å²) in [6.07, 6.45) is 4.54. The second kappa shape index (κ2) is 10.2. The van der Waals surface area contributed by atoms with E-state index in [1.54, 1.807) is 6.20 Å². The summed E-state index contributed by atoms with van der Waals surface area (Å²) in [5.41, 5.74) is 0. The minimum atomic E-state index is -0.859. The summed E-state index contributed by atoms with van der Waals surface area (Å²) >= 11 is 5.46. The zero-order valence-electron chi connectivity index (χ0n) is 16.0. The first-order chi connectivity index (χ1) is 12.9. The van der Waals surface area contributed by atoms with Gasteiger partial charge in [-0.25, -0.2) is 9.78 Å². The quantitative estimate of drug-likeness (QED) is 0.522. The summed E-state index contributed by atoms with van der Waals surface area (Å²) in [4.78, 5) is 32.2. The molecule has 0 aliphatic carbocycles. The number of rotatable bonds is 6. The van der Waals surface area contributed by atoms with Crippen molar-refractivity contribution in [1.82, 2.24) is 24.7 Å². The molecule has 10 heteroatoms. The van der Waals surface area contributed by atoms with Crippen LogP contribution in [0, 0.1) is 0 Å². The molecule has 1 aromatic rings. The maximum Gasteiger partial charge on any atom is 0.328 e. The molecular formula is C17H27N5O4S. The molecule has 1 aliphatic rings. The van der Waals surface area contributed by atoms with Crippen LogP contribution in [0.4, 0.5) is 0 Å². The highest BCUT2D eigenvalue weighted by Gasteiger charge is 2.26. The van der Waals surface area contributed by atoms with E-state index < -0.39 is 18.0 Å². The number of thiocarbonyl (C=S) groups is 1. The summed E-state index contributed by atoms with van der Waals surface area (Å²) in [6, 6.07) is -0.859. The van der Waals surface area contributed by atoms with Crippen LogP contribution in [0.25, 0.3) is 0 Å². The smallest absolute Gasteiger partial charge is 0.328 e. The molecule has 2 heterocycles. The standard InChI is InChI=1S/C17H27N5O4S/c1-20-8-5-18-14(20)12-21-6-4-7-22(10-9-21)17(27)19-13(16(24)26-3)11-15(23)25-2/h5,8,13H,4,6-7,9-12H2,1-3H3,(H,19,27). The van der Waals surface area contributed by atoms with Gasteiger partial charge in [-0.2, -0.15) is 0 Å². The molecule has 0 aromatic carbocycles. The van der Waals surface area contributed by atoms with Crippen molar-refractivity contribution in [2.75, 3.05) is 40.4 Å². The number of ether oxygens (including phenoxy) is 2. The third-order valence-corrected chi connectivity index (χ3v) is 4.92. The predicted octanol–water partition coefficient (Wildman–Crippen LogP) is -0.0930. The number of methoxy groups -OCH3 is 2. The number of nitrogens with one attached hydrogen (secondary N) is 1. The van der Waals surface area contributed by atoms with Crippen molar-refractivity contribution >= 4 is 29.3 Å². The van der Waals surface area contributed by atoms with Gasteiger partial charge in [0.05, 0.1) is 27.2 Å². The van der Waals surface area contributed by atoms with E-state index in [4.69, 9.17) is 17.0 Å². The van der Waals surface area contributed by atoms with E-state index in [1.807, 2.05) is 22.7 Å². The first-order valence-corrected chi connectivity index (χ1v) is 9.24. The largest absolute Gasteiger partial charge is 0.469 e. The first-order valence-electron chi connectivity index (χ1n) is 8.83. The van der Waals surface area contributed by atoms with E-state index in [0.717, 1.165) is 45.0 Å². The third-order valence-electron chi connectivity index (χ3n) is 4.54. The summed E-state index contributed by atoms with van der Waals surface area (Å²) in [5.74, 6) is -0.0280. The molecular weight excluding hydrogens is 370 g/mol. The summed E-state index contributed by atoms with van der Waals surface area (Å²) in [5, 5.41) is 3.39. The Labute approximate surface area is 164 Å². The van der Waals surface area contributed by atoms with Crippen LogP contribution in [0.2, 0.25) is 0 Å². The first kappa shape index (κ1) is 21.1. The van der Waals surface area contributed by atoms with Gasteiger partial charge in [-0.05, 0) is 18.6 Å². The van der Waals surface area contributed by atoms with Gasteiger partial charge >= 0.3 is 11.9 Å². The number of hydrogen-bond acceptors (Lipinski definition) is 7. The summed E-state index contributed by atoms with van der Waals surface area (Å²) in [7, 11) is 4.54. The SMILES string of the molecule is COC(=O)CC(NC(=S)N1CCCN(Cc2nccn2C)CC1)C(=O)OC. The van der Waals surface area contributed by atoms with Gasteiger partial charge in [-0.15, -0.1) is 0 Å². The Hall–Kier alpha value is -2.20. The molecule has 1 aromatic heterocycles. The van der Waals surface area contributed by atoms with Gasteiger partial charge in [0.25, 0.3) is 0 Å². The molecule has 0 bridgehead atoms. The molecule has 0 spiro atoms. The van der Waals surface area contributed by atoms with Gasteiger partial charge in [-0.1, -0.05) is 0 Å². The highest BCUT2D eigenvalue weighted by Crippen LogP contribution is 2.09. The summed E-state index contributed by atoms with van der Waals surface area (Å²) in [6.45, 7) is 4.05. The second-order valence-electron chi connectivity index (χ2n) is 6.38. The Balaban J connectivity index is 1.90. The third kappa shape index (κ3) is 6.17. The van der Waals surface area contributed by atoms with Crippen LogP contribution in [-0.4, -0.2) is 82.8 Å². The number of hydrogen-bond donors (Lipinski definition) is 1. The Bertz CT molecular complexity index is 666. The topological polar surface area (TPSA) is 88.9 Å². The normalized spacial score (nSPS) is 16.3. The maximum atomic E-state index is 11.9. The molecule has 2 rings (SSSR count). The van der Waals surface area contributed by atoms with E-state index in [0.29, 0.717) is 5.11 Å². The van der Waals surface area contributed by atoms with Gasteiger partial charge in [0.2, 0.25) is 0 Å². The number of carbonyl (C=O) groups is 2. The van der Waals surface area contributed by atoms with Crippen molar-refractivity contribution in [2.24, 2.45) is 7.05 Å². The van der Waals surface area contributed by atoms with E-state index in [-0.39, 0.29) is 6.42 Å². The average Bonchev–Trinajstić information content (AvgIpc) is 2.92. The van der Waals surface area contributed by atoms with Crippen molar-refractivity contribution < 1.29 is 19.1 Å². The van der Waals surface area contributed by atoms with Crippen molar-refractivity contribution in [3.63, 3.8) is 0 Å². The highest BCUT2D eigenvalue weighted by molar-refractivity contribution is 7.80. The van der Waals surface area contributed by atoms with Crippen molar-refractivity contribution in [3.05, 3.63) is 18.2 Å². The number of esters is 2. The molecule has 0 saturated carbocycles. The van der Waals surface area contributed by atoms with E-state index in [9.17, 15) is 9.59 Å². The molecule has 27 heavy (non-hydrogen) atoms. The lowest BCUT2D eigenvalue weighted by Crippen LogP contribution is -2.49. The van der Waals surface area contributed by atoms with Crippen molar-refractivity contribution in [3.8, 4) is 0 Å². The van der Waals surface area contributed by atoms with Gasteiger partial charge in [-0.3, -0.25) is 9.69 Å². The van der Waals surface area contributed by atoms with Crippen LogP contribution in [0.15, 0.2) is 12.4 Å². The molecule has 1 N–H and O–H groups in total.